The molecule has 0 amide bonds. The molecule has 0 spiro atoms. The van der Waals surface area contributed by atoms with Gasteiger partial charge in [-0.05, 0) is 37.5 Å². The molecule has 0 radical (unpaired) electrons. The van der Waals surface area contributed by atoms with Gasteiger partial charge in [0.25, 0.3) is 0 Å². The Morgan fingerprint density at radius 2 is 1.88 bits per heavy atom. The van der Waals surface area contributed by atoms with Gasteiger partial charge in [0.2, 0.25) is 0 Å². The Kier molecular flexibility index (Phi) is 8.00. The van der Waals surface area contributed by atoms with Gasteiger partial charge in [-0.2, -0.15) is 0 Å². The minimum Gasteiger partial charge on any atom is -0.481 e. The van der Waals surface area contributed by atoms with Crippen LogP contribution < -0.4 is 0 Å². The summed E-state index contributed by atoms with van der Waals surface area (Å²) >= 11 is 0. The standard InChI is InChI=1S/C18H30O8/c1-2-3-4-5-11-10(8-14(20)21)6-7-12(11)25-18-17(24)16(23)15(22)13(9-19)26-18/h3-4,10-13,15-19,22-24H,2,5-9H2,1H3,(H,20,21). The third kappa shape index (κ3) is 5.03. The second kappa shape index (κ2) is 9.77. The highest BCUT2D eigenvalue weighted by molar-refractivity contribution is 5.67. The summed E-state index contributed by atoms with van der Waals surface area (Å²) in [6.07, 6.45) is 0.0423. The van der Waals surface area contributed by atoms with E-state index in [9.17, 15) is 25.2 Å². The number of aliphatic hydroxyl groups is 4. The van der Waals surface area contributed by atoms with Crippen molar-refractivity contribution >= 4 is 5.97 Å². The topological polar surface area (TPSA) is 137 Å². The Morgan fingerprint density at radius 3 is 2.50 bits per heavy atom. The van der Waals surface area contributed by atoms with Gasteiger partial charge in [-0.1, -0.05) is 19.1 Å². The van der Waals surface area contributed by atoms with Crippen LogP contribution in [0.15, 0.2) is 12.2 Å². The van der Waals surface area contributed by atoms with E-state index >= 15 is 0 Å². The van der Waals surface area contributed by atoms with Crippen LogP contribution in [-0.4, -0.2) is 74.9 Å². The zero-order valence-electron chi connectivity index (χ0n) is 15.0. The molecule has 5 N–H and O–H groups in total. The van der Waals surface area contributed by atoms with E-state index in [2.05, 4.69) is 0 Å². The fourth-order valence-electron chi connectivity index (χ4n) is 3.87. The molecule has 1 aliphatic heterocycles. The number of carbonyl (C=O) groups is 1. The van der Waals surface area contributed by atoms with Crippen LogP contribution in [0.3, 0.4) is 0 Å². The molecule has 8 unspecified atom stereocenters. The summed E-state index contributed by atoms with van der Waals surface area (Å²) < 4.78 is 11.3. The van der Waals surface area contributed by atoms with Crippen LogP contribution in [0.5, 0.6) is 0 Å². The van der Waals surface area contributed by atoms with E-state index in [1.165, 1.54) is 0 Å². The van der Waals surface area contributed by atoms with Crippen LogP contribution in [0.4, 0.5) is 0 Å². The smallest absolute Gasteiger partial charge is 0.303 e. The molecule has 1 aliphatic carbocycles. The number of allylic oxidation sites excluding steroid dienone is 2. The summed E-state index contributed by atoms with van der Waals surface area (Å²) in [5, 5.41) is 48.3. The van der Waals surface area contributed by atoms with Crippen LogP contribution in [0.1, 0.15) is 39.0 Å². The van der Waals surface area contributed by atoms with Gasteiger partial charge in [-0.25, -0.2) is 0 Å². The maximum absolute atomic E-state index is 11.1. The summed E-state index contributed by atoms with van der Waals surface area (Å²) in [4.78, 5) is 11.1. The maximum Gasteiger partial charge on any atom is 0.303 e. The van der Waals surface area contributed by atoms with Crippen molar-refractivity contribution in [1.82, 2.24) is 0 Å². The van der Waals surface area contributed by atoms with Crippen molar-refractivity contribution in [2.75, 3.05) is 6.61 Å². The summed E-state index contributed by atoms with van der Waals surface area (Å²) in [6.45, 7) is 1.50. The Labute approximate surface area is 153 Å². The van der Waals surface area contributed by atoms with Gasteiger partial charge in [-0.3, -0.25) is 4.79 Å². The highest BCUT2D eigenvalue weighted by atomic mass is 16.7. The van der Waals surface area contributed by atoms with E-state index in [1.807, 2.05) is 19.1 Å². The lowest BCUT2D eigenvalue weighted by molar-refractivity contribution is -0.313. The number of hydrogen-bond donors (Lipinski definition) is 5. The van der Waals surface area contributed by atoms with Crippen LogP contribution in [0, 0.1) is 11.8 Å². The minimum atomic E-state index is -1.49. The predicted molar refractivity (Wildman–Crippen MR) is 91.2 cm³/mol. The summed E-state index contributed by atoms with van der Waals surface area (Å²) in [5.41, 5.74) is 0. The lowest BCUT2D eigenvalue weighted by atomic mass is 9.88. The first-order valence-corrected chi connectivity index (χ1v) is 9.21. The second-order valence-corrected chi connectivity index (χ2v) is 7.09. The molecule has 2 aliphatic rings. The van der Waals surface area contributed by atoms with Crippen molar-refractivity contribution in [3.05, 3.63) is 12.2 Å². The fourth-order valence-corrected chi connectivity index (χ4v) is 3.87. The number of carboxylic acids is 1. The molecule has 0 bridgehead atoms. The molecule has 1 heterocycles. The first-order chi connectivity index (χ1) is 12.4. The molecular weight excluding hydrogens is 344 g/mol. The molecule has 150 valence electrons. The number of hydrogen-bond acceptors (Lipinski definition) is 7. The first kappa shape index (κ1) is 21.3. The average molecular weight is 374 g/mol. The molecule has 2 rings (SSSR count). The largest absolute Gasteiger partial charge is 0.481 e. The molecule has 8 nitrogen and oxygen atoms in total. The number of carboxylic acid groups (broad SMARTS) is 1. The SMILES string of the molecule is CCC=CCC1C(CC(=O)O)CCC1OC1OC(CO)C(O)C(O)C1O. The molecule has 0 aromatic heterocycles. The maximum atomic E-state index is 11.1. The van der Waals surface area contributed by atoms with Gasteiger partial charge < -0.3 is 35.0 Å². The third-order valence-corrected chi connectivity index (χ3v) is 5.31. The summed E-state index contributed by atoms with van der Waals surface area (Å²) in [5.74, 6) is -0.932. The van der Waals surface area contributed by atoms with E-state index < -0.39 is 43.3 Å². The molecule has 0 aromatic carbocycles. The van der Waals surface area contributed by atoms with Gasteiger partial charge in [0.15, 0.2) is 6.29 Å². The molecule has 26 heavy (non-hydrogen) atoms. The lowest BCUT2D eigenvalue weighted by Gasteiger charge is -2.41. The van der Waals surface area contributed by atoms with Crippen molar-refractivity contribution in [3.8, 4) is 0 Å². The van der Waals surface area contributed by atoms with Gasteiger partial charge in [0, 0.05) is 6.42 Å². The van der Waals surface area contributed by atoms with E-state index in [-0.39, 0.29) is 24.4 Å². The van der Waals surface area contributed by atoms with Crippen molar-refractivity contribution in [2.24, 2.45) is 11.8 Å². The fraction of sp³-hybridized carbons (Fsp3) is 0.833. The average Bonchev–Trinajstić information content (AvgIpc) is 2.96. The van der Waals surface area contributed by atoms with Gasteiger partial charge >= 0.3 is 5.97 Å². The Bertz CT molecular complexity index is 480. The first-order valence-electron chi connectivity index (χ1n) is 9.21. The molecule has 8 heteroatoms. The van der Waals surface area contributed by atoms with Crippen LogP contribution in [-0.2, 0) is 14.3 Å². The third-order valence-electron chi connectivity index (χ3n) is 5.31. The lowest BCUT2D eigenvalue weighted by Crippen LogP contribution is -2.59. The number of aliphatic hydroxyl groups excluding tert-OH is 4. The highest BCUT2D eigenvalue weighted by Crippen LogP contribution is 2.40. The Balaban J connectivity index is 2.07. The van der Waals surface area contributed by atoms with Crippen molar-refractivity contribution < 1.29 is 39.8 Å². The molecule has 1 saturated carbocycles. The van der Waals surface area contributed by atoms with Gasteiger partial charge in [-0.15, -0.1) is 0 Å². The number of ether oxygens (including phenoxy) is 2. The quantitative estimate of drug-likeness (QED) is 0.375. The molecule has 0 aromatic rings. The van der Waals surface area contributed by atoms with Gasteiger partial charge in [0.1, 0.15) is 24.4 Å². The normalized spacial score (nSPS) is 41.0. The van der Waals surface area contributed by atoms with Crippen LogP contribution in [0.25, 0.3) is 0 Å². The number of aliphatic carboxylic acids is 1. The van der Waals surface area contributed by atoms with Crippen LogP contribution in [0.2, 0.25) is 0 Å². The predicted octanol–water partition coefficient (Wildman–Crippen LogP) is 0.0287. The molecule has 8 atom stereocenters. The Hall–Kier alpha value is -1.03. The molecule has 2 fully saturated rings. The minimum absolute atomic E-state index is 0.0381. The Morgan fingerprint density at radius 1 is 1.15 bits per heavy atom. The van der Waals surface area contributed by atoms with E-state index in [4.69, 9.17) is 14.6 Å². The van der Waals surface area contributed by atoms with Crippen molar-refractivity contribution in [1.29, 1.82) is 0 Å². The van der Waals surface area contributed by atoms with E-state index in [0.29, 0.717) is 19.3 Å². The zero-order valence-corrected chi connectivity index (χ0v) is 15.0. The van der Waals surface area contributed by atoms with Gasteiger partial charge in [0.05, 0.1) is 12.7 Å². The molecular formula is C18H30O8. The van der Waals surface area contributed by atoms with Crippen LogP contribution >= 0.6 is 0 Å². The summed E-state index contributed by atoms with van der Waals surface area (Å²) in [7, 11) is 0. The number of rotatable bonds is 8. The van der Waals surface area contributed by atoms with E-state index in [0.717, 1.165) is 6.42 Å². The van der Waals surface area contributed by atoms with E-state index in [1.54, 1.807) is 0 Å². The highest BCUT2D eigenvalue weighted by Gasteiger charge is 2.47. The van der Waals surface area contributed by atoms with Crippen molar-refractivity contribution in [2.45, 2.75) is 75.8 Å². The van der Waals surface area contributed by atoms with Crippen molar-refractivity contribution in [3.63, 3.8) is 0 Å². The summed E-state index contributed by atoms with van der Waals surface area (Å²) in [6, 6.07) is 0. The molecule has 1 saturated heterocycles. The monoisotopic (exact) mass is 374 g/mol. The zero-order chi connectivity index (χ0) is 19.3. The second-order valence-electron chi connectivity index (χ2n) is 7.09.